The normalized spacial score (nSPS) is 12.7. The molecule has 1 N–H and O–H groups in total. The molecule has 14 heavy (non-hydrogen) atoms. The van der Waals surface area contributed by atoms with Crippen LogP contribution in [0.4, 0.5) is 0 Å². The molecular weight excluding hydrogens is 246 g/mol. The summed E-state index contributed by atoms with van der Waals surface area (Å²) in [5, 5.41) is 9.91. The number of aromatic nitrogens is 1. The van der Waals surface area contributed by atoms with Crippen LogP contribution < -0.4 is 0 Å². The van der Waals surface area contributed by atoms with Crippen LogP contribution in [-0.2, 0) is 0 Å². The predicted octanol–water partition coefficient (Wildman–Crippen LogP) is 2.52. The second kappa shape index (κ2) is 3.94. The van der Waals surface area contributed by atoms with E-state index in [0.717, 1.165) is 4.47 Å². The topological polar surface area (TPSA) is 46.3 Å². The molecule has 4 heteroatoms. The number of hydrogen-bond acceptors (Lipinski definition) is 3. The average Bonchev–Trinajstić information content (AvgIpc) is 2.70. The Labute approximate surface area is 89.5 Å². The van der Waals surface area contributed by atoms with Gasteiger partial charge in [-0.25, -0.2) is 0 Å². The molecular formula is C10H8BrNO2. The third-order valence-electron chi connectivity index (χ3n) is 1.90. The minimum absolute atomic E-state index is 0.592. The molecule has 3 nitrogen and oxygen atoms in total. The maximum Gasteiger partial charge on any atom is 0.125 e. The third kappa shape index (κ3) is 1.71. The highest BCUT2D eigenvalue weighted by atomic mass is 79.9. The van der Waals surface area contributed by atoms with Gasteiger partial charge in [0.25, 0.3) is 0 Å². The first-order valence-electron chi connectivity index (χ1n) is 4.09. The molecule has 0 radical (unpaired) electrons. The molecule has 2 aromatic heterocycles. The van der Waals surface area contributed by atoms with Crippen LogP contribution >= 0.6 is 15.9 Å². The average molecular weight is 254 g/mol. The fourth-order valence-corrected chi connectivity index (χ4v) is 1.66. The maximum atomic E-state index is 9.91. The largest absolute Gasteiger partial charge is 0.472 e. The van der Waals surface area contributed by atoms with E-state index in [1.54, 1.807) is 18.3 Å². The first-order valence-corrected chi connectivity index (χ1v) is 4.89. The van der Waals surface area contributed by atoms with E-state index in [0.29, 0.717) is 11.3 Å². The zero-order chi connectivity index (χ0) is 9.97. The summed E-state index contributed by atoms with van der Waals surface area (Å²) >= 11 is 3.33. The molecule has 0 aliphatic rings. The Hall–Kier alpha value is -1.13. The van der Waals surface area contributed by atoms with E-state index in [9.17, 15) is 5.11 Å². The van der Waals surface area contributed by atoms with Gasteiger partial charge in [-0.1, -0.05) is 0 Å². The van der Waals surface area contributed by atoms with Crippen molar-refractivity contribution in [1.82, 2.24) is 4.98 Å². The Bertz CT molecular complexity index is 414. The number of halogens is 1. The van der Waals surface area contributed by atoms with Gasteiger partial charge in [-0.15, -0.1) is 0 Å². The summed E-state index contributed by atoms with van der Waals surface area (Å²) in [7, 11) is 0. The number of furan rings is 1. The summed E-state index contributed by atoms with van der Waals surface area (Å²) in [6.45, 7) is 0. The first kappa shape index (κ1) is 9.43. The van der Waals surface area contributed by atoms with Crippen molar-refractivity contribution in [3.63, 3.8) is 0 Å². The second-order valence-corrected chi connectivity index (χ2v) is 3.68. The molecule has 2 heterocycles. The summed E-state index contributed by atoms with van der Waals surface area (Å²) in [5.74, 6) is 0. The van der Waals surface area contributed by atoms with Crippen LogP contribution in [0.3, 0.4) is 0 Å². The lowest BCUT2D eigenvalue weighted by Crippen LogP contribution is -2.01. The minimum Gasteiger partial charge on any atom is -0.472 e. The molecule has 2 aromatic rings. The van der Waals surface area contributed by atoms with Crippen LogP contribution in [0.15, 0.2) is 45.8 Å². The van der Waals surface area contributed by atoms with Crippen molar-refractivity contribution in [3.8, 4) is 0 Å². The van der Waals surface area contributed by atoms with E-state index in [1.165, 1.54) is 12.5 Å². The highest BCUT2D eigenvalue weighted by Gasteiger charge is 2.15. The van der Waals surface area contributed by atoms with Crippen molar-refractivity contribution in [3.05, 3.63) is 52.7 Å². The summed E-state index contributed by atoms with van der Waals surface area (Å²) in [6, 6.07) is 5.35. The van der Waals surface area contributed by atoms with Gasteiger partial charge in [0, 0.05) is 16.2 Å². The zero-order valence-electron chi connectivity index (χ0n) is 7.22. The molecule has 0 amide bonds. The molecule has 0 aliphatic carbocycles. The van der Waals surface area contributed by atoms with Gasteiger partial charge in [-0.05, 0) is 34.1 Å². The third-order valence-corrected chi connectivity index (χ3v) is 2.58. The van der Waals surface area contributed by atoms with E-state index in [2.05, 4.69) is 20.9 Å². The molecule has 1 atom stereocenters. The lowest BCUT2D eigenvalue weighted by Gasteiger charge is -2.08. The number of aliphatic hydroxyl groups excluding tert-OH is 1. The summed E-state index contributed by atoms with van der Waals surface area (Å²) in [4.78, 5) is 4.10. The number of rotatable bonds is 2. The molecule has 0 bridgehead atoms. The van der Waals surface area contributed by atoms with Gasteiger partial charge in [0.15, 0.2) is 0 Å². The standard InChI is InChI=1S/C10H8BrNO2/c11-8-2-1-4-12-9(8)10(13)7-3-5-14-6-7/h1-6,10,13H. The van der Waals surface area contributed by atoms with Crippen LogP contribution in [0.25, 0.3) is 0 Å². The van der Waals surface area contributed by atoms with Gasteiger partial charge < -0.3 is 9.52 Å². The van der Waals surface area contributed by atoms with Gasteiger partial charge in [0.05, 0.1) is 18.2 Å². The fourth-order valence-electron chi connectivity index (χ4n) is 1.19. The van der Waals surface area contributed by atoms with E-state index in [1.807, 2.05) is 6.07 Å². The van der Waals surface area contributed by atoms with E-state index in [4.69, 9.17) is 4.42 Å². The van der Waals surface area contributed by atoms with Crippen molar-refractivity contribution < 1.29 is 9.52 Å². The van der Waals surface area contributed by atoms with Crippen LogP contribution in [0.5, 0.6) is 0 Å². The summed E-state index contributed by atoms with van der Waals surface area (Å²) in [6.07, 6.45) is 3.93. The molecule has 0 saturated carbocycles. The van der Waals surface area contributed by atoms with E-state index < -0.39 is 6.10 Å². The molecule has 0 spiro atoms. The Morgan fingerprint density at radius 1 is 1.43 bits per heavy atom. The second-order valence-electron chi connectivity index (χ2n) is 2.83. The lowest BCUT2D eigenvalue weighted by molar-refractivity contribution is 0.213. The lowest BCUT2D eigenvalue weighted by atomic mass is 10.1. The van der Waals surface area contributed by atoms with Crippen molar-refractivity contribution in [2.75, 3.05) is 0 Å². The molecule has 72 valence electrons. The molecule has 2 rings (SSSR count). The smallest absolute Gasteiger partial charge is 0.125 e. The van der Waals surface area contributed by atoms with Crippen molar-refractivity contribution in [2.24, 2.45) is 0 Å². The van der Waals surface area contributed by atoms with Gasteiger partial charge in [-0.3, -0.25) is 4.98 Å². The number of aliphatic hydroxyl groups is 1. The molecule has 0 aliphatic heterocycles. The first-order chi connectivity index (χ1) is 6.79. The van der Waals surface area contributed by atoms with Crippen molar-refractivity contribution >= 4 is 15.9 Å². The van der Waals surface area contributed by atoms with Gasteiger partial charge in [0.1, 0.15) is 6.10 Å². The minimum atomic E-state index is -0.746. The molecule has 0 fully saturated rings. The van der Waals surface area contributed by atoms with Crippen LogP contribution in [0.2, 0.25) is 0 Å². The Morgan fingerprint density at radius 3 is 2.93 bits per heavy atom. The monoisotopic (exact) mass is 253 g/mol. The van der Waals surface area contributed by atoms with Crippen molar-refractivity contribution in [1.29, 1.82) is 0 Å². The highest BCUT2D eigenvalue weighted by molar-refractivity contribution is 9.10. The van der Waals surface area contributed by atoms with Gasteiger partial charge >= 0.3 is 0 Å². The van der Waals surface area contributed by atoms with Crippen molar-refractivity contribution in [2.45, 2.75) is 6.10 Å². The van der Waals surface area contributed by atoms with Crippen LogP contribution in [0.1, 0.15) is 17.4 Å². The Balaban J connectivity index is 2.37. The summed E-state index contributed by atoms with van der Waals surface area (Å²) in [5.41, 5.74) is 1.29. The Kier molecular flexibility index (Phi) is 2.65. The number of pyridine rings is 1. The zero-order valence-corrected chi connectivity index (χ0v) is 8.81. The quantitative estimate of drug-likeness (QED) is 0.895. The Morgan fingerprint density at radius 2 is 2.29 bits per heavy atom. The predicted molar refractivity (Wildman–Crippen MR) is 54.7 cm³/mol. The summed E-state index contributed by atoms with van der Waals surface area (Å²) < 4.78 is 5.68. The molecule has 1 unspecified atom stereocenters. The number of nitrogens with zero attached hydrogens (tertiary/aromatic N) is 1. The van der Waals surface area contributed by atoms with Gasteiger partial charge in [-0.2, -0.15) is 0 Å². The van der Waals surface area contributed by atoms with Crippen LogP contribution in [0, 0.1) is 0 Å². The van der Waals surface area contributed by atoms with E-state index >= 15 is 0 Å². The molecule has 0 saturated heterocycles. The molecule has 0 aromatic carbocycles. The SMILES string of the molecule is OC(c1ccoc1)c1ncccc1Br. The number of hydrogen-bond donors (Lipinski definition) is 1. The van der Waals surface area contributed by atoms with Crippen LogP contribution in [-0.4, -0.2) is 10.1 Å². The maximum absolute atomic E-state index is 9.91. The fraction of sp³-hybridized carbons (Fsp3) is 0.100. The highest BCUT2D eigenvalue weighted by Crippen LogP contribution is 2.26. The van der Waals surface area contributed by atoms with E-state index in [-0.39, 0.29) is 0 Å². The van der Waals surface area contributed by atoms with Gasteiger partial charge in [0.2, 0.25) is 0 Å².